The van der Waals surface area contributed by atoms with Crippen LogP contribution in [-0.2, 0) is 21.4 Å². The van der Waals surface area contributed by atoms with Crippen LogP contribution in [0, 0.1) is 0 Å². The number of ether oxygens (including phenoxy) is 1. The molecular formula is C24H21F2N3O4S. The number of halogens is 2. The molecule has 0 radical (unpaired) electrons. The largest absolute Gasteiger partial charge is 0.454 e. The Morgan fingerprint density at radius 3 is 2.44 bits per heavy atom. The van der Waals surface area contributed by atoms with E-state index in [9.17, 15) is 22.0 Å². The van der Waals surface area contributed by atoms with Crippen LogP contribution in [0.2, 0.25) is 0 Å². The van der Waals surface area contributed by atoms with Crippen molar-refractivity contribution in [3.05, 3.63) is 90.3 Å². The predicted octanol–water partition coefficient (Wildman–Crippen LogP) is 5.00. The van der Waals surface area contributed by atoms with Crippen LogP contribution < -0.4 is 4.31 Å². The number of hydrogen-bond acceptors (Lipinski definition) is 5. The second kappa shape index (κ2) is 9.60. The highest BCUT2D eigenvalue weighted by Gasteiger charge is 2.25. The van der Waals surface area contributed by atoms with Crippen molar-refractivity contribution in [1.29, 1.82) is 0 Å². The standard InChI is InChI=1S/C24H21F2N3O4S/c1-2-28(18-10-4-3-5-11-18)34(31,32)19-12-8-9-17(15-19)23(30)33-16-22-27-20-13-6-7-14-21(20)29(22)24(25)26/h3-15,24H,2,16H2,1H3. The van der Waals surface area contributed by atoms with Crippen LogP contribution >= 0.6 is 0 Å². The maximum absolute atomic E-state index is 13.6. The number of anilines is 1. The quantitative estimate of drug-likeness (QED) is 0.328. The summed E-state index contributed by atoms with van der Waals surface area (Å²) in [4.78, 5) is 16.7. The first kappa shape index (κ1) is 23.4. The Labute approximate surface area is 195 Å². The van der Waals surface area contributed by atoms with Crippen LogP contribution in [0.4, 0.5) is 14.5 Å². The van der Waals surface area contributed by atoms with Crippen molar-refractivity contribution >= 4 is 32.7 Å². The molecule has 34 heavy (non-hydrogen) atoms. The van der Waals surface area contributed by atoms with E-state index < -0.39 is 29.1 Å². The third-order valence-electron chi connectivity index (χ3n) is 5.19. The number of carbonyl (C=O) groups is 1. The van der Waals surface area contributed by atoms with Crippen molar-refractivity contribution in [1.82, 2.24) is 9.55 Å². The molecule has 0 atom stereocenters. The average molecular weight is 486 g/mol. The molecule has 0 aliphatic carbocycles. The van der Waals surface area contributed by atoms with Crippen molar-refractivity contribution in [3.63, 3.8) is 0 Å². The number of esters is 1. The molecule has 176 valence electrons. The first-order valence-electron chi connectivity index (χ1n) is 10.4. The van der Waals surface area contributed by atoms with E-state index in [1.807, 2.05) is 0 Å². The Balaban J connectivity index is 1.57. The fraction of sp³-hybridized carbons (Fsp3) is 0.167. The van der Waals surface area contributed by atoms with E-state index in [1.54, 1.807) is 55.5 Å². The number of alkyl halides is 2. The third kappa shape index (κ3) is 4.49. The molecule has 0 fully saturated rings. The summed E-state index contributed by atoms with van der Waals surface area (Å²) in [6.07, 6.45) is 0. The second-order valence-corrected chi connectivity index (χ2v) is 9.14. The molecule has 0 aliphatic heterocycles. The van der Waals surface area contributed by atoms with E-state index in [-0.39, 0.29) is 28.3 Å². The summed E-state index contributed by atoms with van der Waals surface area (Å²) >= 11 is 0. The number of imidazole rings is 1. The van der Waals surface area contributed by atoms with Gasteiger partial charge in [-0.1, -0.05) is 36.4 Å². The van der Waals surface area contributed by atoms with E-state index in [0.717, 1.165) is 0 Å². The lowest BCUT2D eigenvalue weighted by molar-refractivity contribution is 0.0387. The molecular weight excluding hydrogens is 464 g/mol. The Morgan fingerprint density at radius 1 is 1.03 bits per heavy atom. The van der Waals surface area contributed by atoms with Crippen molar-refractivity contribution < 1.29 is 26.7 Å². The monoisotopic (exact) mass is 485 g/mol. The zero-order valence-electron chi connectivity index (χ0n) is 18.1. The number of hydrogen-bond donors (Lipinski definition) is 0. The van der Waals surface area contributed by atoms with Gasteiger partial charge in [0.2, 0.25) is 0 Å². The maximum Gasteiger partial charge on any atom is 0.338 e. The van der Waals surface area contributed by atoms with E-state index in [4.69, 9.17) is 4.74 Å². The summed E-state index contributed by atoms with van der Waals surface area (Å²) in [5.41, 5.74) is 1.04. The molecule has 0 spiro atoms. The van der Waals surface area contributed by atoms with Crippen molar-refractivity contribution in [2.24, 2.45) is 0 Å². The molecule has 0 bridgehead atoms. The van der Waals surface area contributed by atoms with Gasteiger partial charge in [-0.15, -0.1) is 0 Å². The summed E-state index contributed by atoms with van der Waals surface area (Å²) in [5.74, 6) is -0.970. The first-order chi connectivity index (χ1) is 16.3. The summed E-state index contributed by atoms with van der Waals surface area (Å²) in [6, 6.07) is 20.4. The number of carbonyl (C=O) groups excluding carboxylic acids is 1. The molecule has 0 saturated carbocycles. The van der Waals surface area contributed by atoms with Crippen LogP contribution in [0.5, 0.6) is 0 Å². The van der Waals surface area contributed by atoms with Crippen LogP contribution in [0.1, 0.15) is 29.7 Å². The second-order valence-electron chi connectivity index (χ2n) is 7.27. The molecule has 0 saturated heterocycles. The molecule has 4 rings (SSSR count). The molecule has 10 heteroatoms. The lowest BCUT2D eigenvalue weighted by Gasteiger charge is -2.23. The number of aromatic nitrogens is 2. The van der Waals surface area contributed by atoms with Gasteiger partial charge in [-0.3, -0.25) is 8.87 Å². The number of sulfonamides is 1. The molecule has 1 heterocycles. The van der Waals surface area contributed by atoms with Crippen molar-refractivity contribution in [3.8, 4) is 0 Å². The molecule has 7 nitrogen and oxygen atoms in total. The van der Waals surface area contributed by atoms with E-state index >= 15 is 0 Å². The molecule has 3 aromatic carbocycles. The number of nitrogens with zero attached hydrogens (tertiary/aromatic N) is 3. The maximum atomic E-state index is 13.6. The first-order valence-corrected chi connectivity index (χ1v) is 11.9. The number of benzene rings is 3. The predicted molar refractivity (Wildman–Crippen MR) is 123 cm³/mol. The smallest absolute Gasteiger partial charge is 0.338 e. The summed E-state index contributed by atoms with van der Waals surface area (Å²) < 4.78 is 60.7. The van der Waals surface area contributed by atoms with Gasteiger partial charge in [-0.2, -0.15) is 8.78 Å². The van der Waals surface area contributed by atoms with E-state index in [1.165, 1.54) is 34.6 Å². The molecule has 0 N–H and O–H groups in total. The molecule has 1 aromatic heterocycles. The van der Waals surface area contributed by atoms with Gasteiger partial charge in [-0.05, 0) is 49.4 Å². The van der Waals surface area contributed by atoms with Crippen LogP contribution in [0.3, 0.4) is 0 Å². The van der Waals surface area contributed by atoms with Crippen LogP contribution in [0.25, 0.3) is 11.0 Å². The Morgan fingerprint density at radius 2 is 1.74 bits per heavy atom. The molecule has 0 amide bonds. The minimum atomic E-state index is -3.95. The van der Waals surface area contributed by atoms with Gasteiger partial charge in [0.1, 0.15) is 6.61 Å². The van der Waals surface area contributed by atoms with Gasteiger partial charge in [0, 0.05) is 6.54 Å². The Kier molecular flexibility index (Phi) is 6.60. The lowest BCUT2D eigenvalue weighted by Crippen LogP contribution is -2.30. The summed E-state index contributed by atoms with van der Waals surface area (Å²) in [7, 11) is -3.95. The SMILES string of the molecule is CCN(c1ccccc1)S(=O)(=O)c1cccc(C(=O)OCc2nc3ccccc3n2C(F)F)c1. The van der Waals surface area contributed by atoms with Crippen LogP contribution in [-0.4, -0.2) is 30.5 Å². The highest BCUT2D eigenvalue weighted by molar-refractivity contribution is 7.92. The molecule has 0 unspecified atom stereocenters. The fourth-order valence-corrected chi connectivity index (χ4v) is 5.14. The van der Waals surface area contributed by atoms with Gasteiger partial charge in [0.15, 0.2) is 5.82 Å². The number of fused-ring (bicyclic) bond motifs is 1. The normalized spacial score (nSPS) is 11.6. The van der Waals surface area contributed by atoms with Gasteiger partial charge in [0.05, 0.1) is 27.2 Å². The van der Waals surface area contributed by atoms with Crippen molar-refractivity contribution in [2.45, 2.75) is 25.0 Å². The Bertz CT molecular complexity index is 1420. The lowest BCUT2D eigenvalue weighted by atomic mass is 10.2. The highest BCUT2D eigenvalue weighted by Crippen LogP contribution is 2.25. The topological polar surface area (TPSA) is 81.5 Å². The minimum absolute atomic E-state index is 0.0232. The molecule has 0 aliphatic rings. The van der Waals surface area contributed by atoms with Gasteiger partial charge >= 0.3 is 12.5 Å². The minimum Gasteiger partial charge on any atom is -0.454 e. The van der Waals surface area contributed by atoms with Gasteiger partial charge in [-0.25, -0.2) is 18.2 Å². The third-order valence-corrected chi connectivity index (χ3v) is 7.08. The zero-order chi connectivity index (χ0) is 24.3. The fourth-order valence-electron chi connectivity index (χ4n) is 3.62. The van der Waals surface area contributed by atoms with Crippen LogP contribution in [0.15, 0.2) is 83.8 Å². The van der Waals surface area contributed by atoms with Gasteiger partial charge in [0.25, 0.3) is 10.0 Å². The number of rotatable bonds is 8. The zero-order valence-corrected chi connectivity index (χ0v) is 19.0. The summed E-state index contributed by atoms with van der Waals surface area (Å²) in [5, 5.41) is 0. The van der Waals surface area contributed by atoms with E-state index in [2.05, 4.69) is 4.98 Å². The highest BCUT2D eigenvalue weighted by atomic mass is 32.2. The average Bonchev–Trinajstić information content (AvgIpc) is 3.22. The van der Waals surface area contributed by atoms with Gasteiger partial charge < -0.3 is 4.74 Å². The Hall–Kier alpha value is -3.79. The molecule has 4 aromatic rings. The number of para-hydroxylation sites is 3. The summed E-state index contributed by atoms with van der Waals surface area (Å²) in [6.45, 7) is -1.48. The van der Waals surface area contributed by atoms with E-state index in [0.29, 0.717) is 15.8 Å². The van der Waals surface area contributed by atoms with Crippen molar-refractivity contribution in [2.75, 3.05) is 10.8 Å².